The van der Waals surface area contributed by atoms with Gasteiger partial charge >= 0.3 is 0 Å². The fraction of sp³-hybridized carbons (Fsp3) is 0.625. The molecule has 1 heterocycles. The first-order chi connectivity index (χ1) is 4.71. The summed E-state index contributed by atoms with van der Waals surface area (Å²) in [6, 6.07) is 1.99. The Morgan fingerprint density at radius 1 is 1.70 bits per heavy atom. The third kappa shape index (κ3) is 0.753. The van der Waals surface area contributed by atoms with Crippen LogP contribution in [0.4, 0.5) is 0 Å². The lowest BCUT2D eigenvalue weighted by Gasteiger charge is -2.00. The summed E-state index contributed by atoms with van der Waals surface area (Å²) >= 11 is 0. The molecular formula is C8H11N2. The maximum Gasteiger partial charge on any atom is 0.0863 e. The standard InChI is InChI=1S/C8H11N2/c1-8(4-5-8)7-3-6-10(2)9-7/h3H,4-5H2,1-2H3. The number of aromatic nitrogens is 2. The van der Waals surface area contributed by atoms with Crippen molar-refractivity contribution in [2.75, 3.05) is 0 Å². The number of hydrogen-bond acceptors (Lipinski definition) is 1. The van der Waals surface area contributed by atoms with Gasteiger partial charge in [-0.3, -0.25) is 4.68 Å². The van der Waals surface area contributed by atoms with Gasteiger partial charge in [0.1, 0.15) is 0 Å². The van der Waals surface area contributed by atoms with Crippen LogP contribution in [0.25, 0.3) is 0 Å². The highest BCUT2D eigenvalue weighted by Crippen LogP contribution is 2.46. The molecule has 0 spiro atoms. The minimum atomic E-state index is 0.401. The Hall–Kier alpha value is -0.790. The van der Waals surface area contributed by atoms with Gasteiger partial charge in [-0.1, -0.05) is 6.92 Å². The third-order valence-corrected chi connectivity index (χ3v) is 2.26. The summed E-state index contributed by atoms with van der Waals surface area (Å²) in [6.45, 7) is 2.25. The zero-order valence-corrected chi connectivity index (χ0v) is 6.39. The Morgan fingerprint density at radius 2 is 2.40 bits per heavy atom. The average molecular weight is 135 g/mol. The predicted octanol–water partition coefficient (Wildman–Crippen LogP) is 1.27. The maximum atomic E-state index is 4.31. The first-order valence-electron chi connectivity index (χ1n) is 3.63. The molecule has 1 aliphatic rings. The molecule has 0 amide bonds. The van der Waals surface area contributed by atoms with Crippen LogP contribution in [0.3, 0.4) is 0 Å². The summed E-state index contributed by atoms with van der Waals surface area (Å²) in [6.07, 6.45) is 5.60. The van der Waals surface area contributed by atoms with E-state index in [0.717, 1.165) is 0 Å². The molecular weight excluding hydrogens is 124 g/mol. The van der Waals surface area contributed by atoms with Crippen molar-refractivity contribution in [3.05, 3.63) is 18.0 Å². The fourth-order valence-corrected chi connectivity index (χ4v) is 1.11. The summed E-state index contributed by atoms with van der Waals surface area (Å²) in [4.78, 5) is 0. The van der Waals surface area contributed by atoms with Crippen molar-refractivity contribution in [1.82, 2.24) is 9.78 Å². The van der Waals surface area contributed by atoms with Crippen molar-refractivity contribution in [3.63, 3.8) is 0 Å². The van der Waals surface area contributed by atoms with Gasteiger partial charge in [-0.15, -0.1) is 0 Å². The van der Waals surface area contributed by atoms with Gasteiger partial charge < -0.3 is 0 Å². The lowest BCUT2D eigenvalue weighted by Crippen LogP contribution is -2.01. The molecule has 0 aromatic carbocycles. The van der Waals surface area contributed by atoms with E-state index in [1.165, 1.54) is 18.5 Å². The molecule has 0 N–H and O–H groups in total. The monoisotopic (exact) mass is 135 g/mol. The molecule has 1 fully saturated rings. The van der Waals surface area contributed by atoms with E-state index in [9.17, 15) is 0 Å². The van der Waals surface area contributed by atoms with Crippen LogP contribution in [0.15, 0.2) is 6.07 Å². The Kier molecular flexibility index (Phi) is 0.967. The zero-order chi connectivity index (χ0) is 7.19. The minimum absolute atomic E-state index is 0.401. The topological polar surface area (TPSA) is 17.8 Å². The molecule has 2 heteroatoms. The van der Waals surface area contributed by atoms with E-state index in [4.69, 9.17) is 0 Å². The van der Waals surface area contributed by atoms with Crippen molar-refractivity contribution in [2.45, 2.75) is 25.2 Å². The van der Waals surface area contributed by atoms with Gasteiger partial charge in [-0.25, -0.2) is 0 Å². The second-order valence-corrected chi connectivity index (χ2v) is 3.34. The SMILES string of the molecule is Cn1[c]cc(C2(C)CC2)n1. The van der Waals surface area contributed by atoms with Crippen LogP contribution in [0.1, 0.15) is 25.5 Å². The number of hydrogen-bond donors (Lipinski definition) is 0. The molecule has 0 atom stereocenters. The second kappa shape index (κ2) is 1.62. The molecule has 1 saturated carbocycles. The number of rotatable bonds is 1. The van der Waals surface area contributed by atoms with Crippen LogP contribution in [0, 0.1) is 6.20 Å². The Bertz CT molecular complexity index is 246. The van der Waals surface area contributed by atoms with Crippen LogP contribution in [-0.4, -0.2) is 9.78 Å². The van der Waals surface area contributed by atoms with Crippen molar-refractivity contribution < 1.29 is 0 Å². The van der Waals surface area contributed by atoms with E-state index in [-0.39, 0.29) is 0 Å². The fourth-order valence-electron chi connectivity index (χ4n) is 1.11. The number of nitrogens with zero attached hydrogens (tertiary/aromatic N) is 2. The van der Waals surface area contributed by atoms with Gasteiger partial charge in [0.15, 0.2) is 0 Å². The lowest BCUT2D eigenvalue weighted by atomic mass is 10.1. The summed E-state index contributed by atoms with van der Waals surface area (Å²) in [5.74, 6) is 0. The van der Waals surface area contributed by atoms with E-state index in [1.807, 2.05) is 13.1 Å². The summed E-state index contributed by atoms with van der Waals surface area (Å²) in [7, 11) is 1.91. The highest BCUT2D eigenvalue weighted by atomic mass is 15.3. The molecule has 1 radical (unpaired) electrons. The van der Waals surface area contributed by atoms with Gasteiger partial charge in [0.05, 0.1) is 11.9 Å². The van der Waals surface area contributed by atoms with Crippen LogP contribution in [0.2, 0.25) is 0 Å². The van der Waals surface area contributed by atoms with Crippen LogP contribution in [-0.2, 0) is 12.5 Å². The van der Waals surface area contributed by atoms with Gasteiger partial charge in [0, 0.05) is 12.5 Å². The van der Waals surface area contributed by atoms with E-state index >= 15 is 0 Å². The van der Waals surface area contributed by atoms with Gasteiger partial charge in [-0.05, 0) is 18.9 Å². The van der Waals surface area contributed by atoms with Crippen molar-refractivity contribution in [1.29, 1.82) is 0 Å². The second-order valence-electron chi connectivity index (χ2n) is 3.34. The molecule has 10 heavy (non-hydrogen) atoms. The van der Waals surface area contributed by atoms with E-state index in [0.29, 0.717) is 5.41 Å². The van der Waals surface area contributed by atoms with Crippen molar-refractivity contribution in [3.8, 4) is 0 Å². The van der Waals surface area contributed by atoms with E-state index in [2.05, 4.69) is 18.2 Å². The average Bonchev–Trinajstić information content (AvgIpc) is 2.45. The van der Waals surface area contributed by atoms with Gasteiger partial charge in [-0.2, -0.15) is 5.10 Å². The Labute approximate surface area is 60.9 Å². The molecule has 1 aromatic rings. The van der Waals surface area contributed by atoms with Gasteiger partial charge in [0.25, 0.3) is 0 Å². The van der Waals surface area contributed by atoms with E-state index < -0.39 is 0 Å². The normalized spacial score (nSPS) is 21.0. The highest BCUT2D eigenvalue weighted by molar-refractivity contribution is 5.20. The molecule has 0 saturated heterocycles. The van der Waals surface area contributed by atoms with Gasteiger partial charge in [0.2, 0.25) is 0 Å². The smallest absolute Gasteiger partial charge is 0.0863 e. The molecule has 2 nitrogen and oxygen atoms in total. The highest BCUT2D eigenvalue weighted by Gasteiger charge is 2.40. The molecule has 1 aromatic heterocycles. The first-order valence-corrected chi connectivity index (χ1v) is 3.63. The summed E-state index contributed by atoms with van der Waals surface area (Å²) < 4.78 is 1.75. The summed E-state index contributed by atoms with van der Waals surface area (Å²) in [5, 5.41) is 4.31. The van der Waals surface area contributed by atoms with E-state index in [1.54, 1.807) is 4.68 Å². The quantitative estimate of drug-likeness (QED) is 0.567. The van der Waals surface area contributed by atoms with Crippen molar-refractivity contribution >= 4 is 0 Å². The van der Waals surface area contributed by atoms with Crippen LogP contribution in [0.5, 0.6) is 0 Å². The molecule has 0 bridgehead atoms. The summed E-state index contributed by atoms with van der Waals surface area (Å²) in [5.41, 5.74) is 1.60. The lowest BCUT2D eigenvalue weighted by molar-refractivity contribution is 0.680. The first kappa shape index (κ1) is 5.96. The predicted molar refractivity (Wildman–Crippen MR) is 38.6 cm³/mol. The molecule has 0 aliphatic heterocycles. The molecule has 0 unspecified atom stereocenters. The minimum Gasteiger partial charge on any atom is -0.266 e. The molecule has 1 aliphatic carbocycles. The Balaban J connectivity index is 2.34. The largest absolute Gasteiger partial charge is 0.266 e. The number of aryl methyl sites for hydroxylation is 1. The Morgan fingerprint density at radius 3 is 2.80 bits per heavy atom. The molecule has 2 rings (SSSR count). The van der Waals surface area contributed by atoms with Crippen LogP contribution >= 0.6 is 0 Å². The maximum absolute atomic E-state index is 4.31. The zero-order valence-electron chi connectivity index (χ0n) is 6.39. The molecule has 53 valence electrons. The van der Waals surface area contributed by atoms with Crippen molar-refractivity contribution in [2.24, 2.45) is 7.05 Å². The third-order valence-electron chi connectivity index (χ3n) is 2.26. The van der Waals surface area contributed by atoms with Crippen LogP contribution < -0.4 is 0 Å².